The van der Waals surface area contributed by atoms with E-state index in [0.29, 0.717) is 5.54 Å². The molecule has 0 saturated carbocycles. The van der Waals surface area contributed by atoms with Crippen LogP contribution in [0, 0.1) is 0 Å². The number of nitrogens with zero attached hydrogens (tertiary/aromatic N) is 2. The zero-order valence-electron chi connectivity index (χ0n) is 12.0. The first kappa shape index (κ1) is 13.6. The van der Waals surface area contributed by atoms with Crippen molar-refractivity contribution in [1.82, 2.24) is 9.80 Å². The quantitative estimate of drug-likeness (QED) is 0.809. The third-order valence-corrected chi connectivity index (χ3v) is 3.88. The second-order valence-electron chi connectivity index (χ2n) is 6.24. The minimum atomic E-state index is 0.325. The summed E-state index contributed by atoms with van der Waals surface area (Å²) in [7, 11) is 0. The van der Waals surface area contributed by atoms with Crippen LogP contribution in [0.1, 0.15) is 26.3 Å². The second kappa shape index (κ2) is 5.85. The van der Waals surface area contributed by atoms with Crippen LogP contribution < -0.4 is 0 Å². The maximum absolute atomic E-state index is 2.59. The van der Waals surface area contributed by atoms with Gasteiger partial charge >= 0.3 is 0 Å². The summed E-state index contributed by atoms with van der Waals surface area (Å²) in [6.45, 7) is 13.0. The molecule has 2 nitrogen and oxygen atoms in total. The van der Waals surface area contributed by atoms with E-state index in [1.54, 1.807) is 0 Å². The molecule has 1 aromatic carbocycles. The van der Waals surface area contributed by atoms with Gasteiger partial charge in [0.25, 0.3) is 0 Å². The van der Waals surface area contributed by atoms with Gasteiger partial charge in [-0.3, -0.25) is 4.90 Å². The Balaban J connectivity index is 1.74. The third kappa shape index (κ3) is 3.82. The highest BCUT2D eigenvalue weighted by molar-refractivity contribution is 5.14. The SMILES string of the molecule is CC(C)(C)N1CCN(CCc2ccccc2)CC1. The van der Waals surface area contributed by atoms with Crippen LogP contribution in [0.15, 0.2) is 30.3 Å². The predicted octanol–water partition coefficient (Wildman–Crippen LogP) is 2.65. The average molecular weight is 246 g/mol. The summed E-state index contributed by atoms with van der Waals surface area (Å²) in [4.78, 5) is 5.18. The van der Waals surface area contributed by atoms with Gasteiger partial charge in [-0.1, -0.05) is 30.3 Å². The molecule has 0 spiro atoms. The first-order valence-corrected chi connectivity index (χ1v) is 7.07. The molecule has 0 radical (unpaired) electrons. The Morgan fingerprint density at radius 3 is 2.11 bits per heavy atom. The molecule has 1 aliphatic rings. The van der Waals surface area contributed by atoms with Crippen molar-refractivity contribution in [1.29, 1.82) is 0 Å². The van der Waals surface area contributed by atoms with Gasteiger partial charge in [-0.15, -0.1) is 0 Å². The largest absolute Gasteiger partial charge is 0.300 e. The molecule has 18 heavy (non-hydrogen) atoms. The van der Waals surface area contributed by atoms with Gasteiger partial charge in [0.1, 0.15) is 0 Å². The summed E-state index contributed by atoms with van der Waals surface area (Å²) in [5.41, 5.74) is 1.78. The maximum Gasteiger partial charge on any atom is 0.0126 e. The molecule has 100 valence electrons. The molecule has 2 rings (SSSR count). The van der Waals surface area contributed by atoms with Gasteiger partial charge in [0.15, 0.2) is 0 Å². The highest BCUT2D eigenvalue weighted by Gasteiger charge is 2.25. The third-order valence-electron chi connectivity index (χ3n) is 3.88. The molecule has 1 aliphatic heterocycles. The fraction of sp³-hybridized carbons (Fsp3) is 0.625. The van der Waals surface area contributed by atoms with Gasteiger partial charge in [0.2, 0.25) is 0 Å². The molecule has 1 aromatic rings. The summed E-state index contributed by atoms with van der Waals surface area (Å²) < 4.78 is 0. The van der Waals surface area contributed by atoms with E-state index in [1.807, 2.05) is 0 Å². The number of rotatable bonds is 3. The van der Waals surface area contributed by atoms with Gasteiger partial charge in [-0.05, 0) is 32.8 Å². The highest BCUT2D eigenvalue weighted by Crippen LogP contribution is 2.15. The molecule has 0 unspecified atom stereocenters. The lowest BCUT2D eigenvalue weighted by atomic mass is 10.0. The maximum atomic E-state index is 2.59. The fourth-order valence-electron chi connectivity index (χ4n) is 2.57. The highest BCUT2D eigenvalue weighted by atomic mass is 15.3. The Morgan fingerprint density at radius 2 is 1.56 bits per heavy atom. The van der Waals surface area contributed by atoms with Crippen molar-refractivity contribution in [3.05, 3.63) is 35.9 Å². The van der Waals surface area contributed by atoms with Gasteiger partial charge in [-0.2, -0.15) is 0 Å². The standard InChI is InChI=1S/C16H26N2/c1-16(2,3)18-13-11-17(12-14-18)10-9-15-7-5-4-6-8-15/h4-8H,9-14H2,1-3H3. The van der Waals surface area contributed by atoms with E-state index in [-0.39, 0.29) is 0 Å². The van der Waals surface area contributed by atoms with Crippen LogP contribution in [0.3, 0.4) is 0 Å². The van der Waals surface area contributed by atoms with E-state index < -0.39 is 0 Å². The van der Waals surface area contributed by atoms with Crippen LogP contribution in [0.5, 0.6) is 0 Å². The zero-order chi connectivity index (χ0) is 13.0. The molecule has 1 fully saturated rings. The van der Waals surface area contributed by atoms with E-state index in [2.05, 4.69) is 60.9 Å². The summed E-state index contributed by atoms with van der Waals surface area (Å²) >= 11 is 0. The van der Waals surface area contributed by atoms with Crippen LogP contribution in [0.2, 0.25) is 0 Å². The van der Waals surface area contributed by atoms with Crippen molar-refractivity contribution in [3.8, 4) is 0 Å². The van der Waals surface area contributed by atoms with E-state index in [9.17, 15) is 0 Å². The summed E-state index contributed by atoms with van der Waals surface area (Å²) in [5.74, 6) is 0. The van der Waals surface area contributed by atoms with Crippen LogP contribution in [-0.4, -0.2) is 48.1 Å². The van der Waals surface area contributed by atoms with Crippen molar-refractivity contribution in [2.24, 2.45) is 0 Å². The van der Waals surface area contributed by atoms with E-state index in [0.717, 1.165) is 0 Å². The molecule has 0 amide bonds. The van der Waals surface area contributed by atoms with E-state index in [1.165, 1.54) is 44.7 Å². The van der Waals surface area contributed by atoms with Crippen molar-refractivity contribution in [3.63, 3.8) is 0 Å². The number of piperazine rings is 1. The van der Waals surface area contributed by atoms with Crippen LogP contribution >= 0.6 is 0 Å². The van der Waals surface area contributed by atoms with Crippen LogP contribution in [0.25, 0.3) is 0 Å². The molecule has 2 heteroatoms. The smallest absolute Gasteiger partial charge is 0.0126 e. The Morgan fingerprint density at radius 1 is 0.944 bits per heavy atom. The van der Waals surface area contributed by atoms with Gasteiger partial charge < -0.3 is 4.90 Å². The van der Waals surface area contributed by atoms with Gasteiger partial charge in [0, 0.05) is 38.3 Å². The molecular weight excluding hydrogens is 220 g/mol. The van der Waals surface area contributed by atoms with Crippen molar-refractivity contribution < 1.29 is 0 Å². The molecule has 0 atom stereocenters. The van der Waals surface area contributed by atoms with Crippen LogP contribution in [-0.2, 0) is 6.42 Å². The van der Waals surface area contributed by atoms with E-state index >= 15 is 0 Å². The van der Waals surface area contributed by atoms with Crippen molar-refractivity contribution in [2.45, 2.75) is 32.7 Å². The number of hydrogen-bond donors (Lipinski definition) is 0. The average Bonchev–Trinajstić information content (AvgIpc) is 2.37. The van der Waals surface area contributed by atoms with Crippen molar-refractivity contribution in [2.75, 3.05) is 32.7 Å². The number of benzene rings is 1. The summed E-state index contributed by atoms with van der Waals surface area (Å²) in [6.07, 6.45) is 1.18. The summed E-state index contributed by atoms with van der Waals surface area (Å²) in [6, 6.07) is 10.8. The molecule has 1 heterocycles. The molecule has 0 bridgehead atoms. The Kier molecular flexibility index (Phi) is 4.41. The Labute approximate surface area is 112 Å². The molecule has 0 aliphatic carbocycles. The normalized spacial score (nSPS) is 19.1. The number of hydrogen-bond acceptors (Lipinski definition) is 2. The minimum Gasteiger partial charge on any atom is -0.300 e. The Hall–Kier alpha value is -0.860. The topological polar surface area (TPSA) is 6.48 Å². The lowest BCUT2D eigenvalue weighted by Crippen LogP contribution is -2.53. The molecule has 0 aromatic heterocycles. The lowest BCUT2D eigenvalue weighted by Gasteiger charge is -2.42. The summed E-state index contributed by atoms with van der Waals surface area (Å²) in [5, 5.41) is 0. The monoisotopic (exact) mass is 246 g/mol. The first-order chi connectivity index (χ1) is 8.55. The van der Waals surface area contributed by atoms with Gasteiger partial charge in [0.05, 0.1) is 0 Å². The first-order valence-electron chi connectivity index (χ1n) is 7.07. The molecule has 0 N–H and O–H groups in total. The lowest BCUT2D eigenvalue weighted by molar-refractivity contribution is 0.0629. The Bertz CT molecular complexity index is 345. The minimum absolute atomic E-state index is 0.325. The van der Waals surface area contributed by atoms with E-state index in [4.69, 9.17) is 0 Å². The van der Waals surface area contributed by atoms with Gasteiger partial charge in [-0.25, -0.2) is 0 Å². The molecular formula is C16H26N2. The molecule has 1 saturated heterocycles. The second-order valence-corrected chi connectivity index (χ2v) is 6.24. The predicted molar refractivity (Wildman–Crippen MR) is 77.9 cm³/mol. The van der Waals surface area contributed by atoms with Crippen molar-refractivity contribution >= 4 is 0 Å². The van der Waals surface area contributed by atoms with Crippen LogP contribution in [0.4, 0.5) is 0 Å². The fourth-order valence-corrected chi connectivity index (χ4v) is 2.57. The zero-order valence-corrected chi connectivity index (χ0v) is 12.0.